The van der Waals surface area contributed by atoms with Crippen LogP contribution >= 0.6 is 0 Å². The maximum Gasteiger partial charge on any atom is 0.220 e. The molecule has 1 aliphatic heterocycles. The van der Waals surface area contributed by atoms with E-state index in [4.69, 9.17) is 4.42 Å². The average molecular weight is 276 g/mol. The van der Waals surface area contributed by atoms with E-state index in [2.05, 4.69) is 10.2 Å². The number of nitrogens with zero attached hydrogens (tertiary/aromatic N) is 1. The topological polar surface area (TPSA) is 45.5 Å². The molecule has 1 saturated heterocycles. The van der Waals surface area contributed by atoms with Gasteiger partial charge in [0, 0.05) is 31.1 Å². The maximum atomic E-state index is 11.7. The third kappa shape index (κ3) is 4.10. The molecule has 1 N–H and O–H groups in total. The third-order valence-corrected chi connectivity index (χ3v) is 4.31. The molecule has 2 fully saturated rings. The molecular formula is C16H24N2O2. The van der Waals surface area contributed by atoms with Gasteiger partial charge in [-0.15, -0.1) is 0 Å². The largest absolute Gasteiger partial charge is 0.472 e. The monoisotopic (exact) mass is 276 g/mol. The van der Waals surface area contributed by atoms with Crippen molar-refractivity contribution in [1.82, 2.24) is 10.2 Å². The van der Waals surface area contributed by atoms with Crippen molar-refractivity contribution in [2.24, 2.45) is 5.92 Å². The molecule has 1 amide bonds. The number of hydrogen-bond acceptors (Lipinski definition) is 3. The van der Waals surface area contributed by atoms with Crippen molar-refractivity contribution >= 4 is 5.91 Å². The summed E-state index contributed by atoms with van der Waals surface area (Å²) in [6, 6.07) is 2.53. The van der Waals surface area contributed by atoms with E-state index in [0.717, 1.165) is 26.1 Å². The summed E-state index contributed by atoms with van der Waals surface area (Å²) in [6.07, 6.45) is 10.1. The molecule has 20 heavy (non-hydrogen) atoms. The number of piperidine rings is 1. The Kier molecular flexibility index (Phi) is 4.41. The van der Waals surface area contributed by atoms with E-state index in [1.54, 1.807) is 6.26 Å². The standard InChI is InChI=1S/C16H24N2O2/c19-16(17-15-4-5-15)6-3-13-2-1-8-18(10-13)11-14-7-9-20-12-14/h7,9,12-13,15H,1-6,8,10-11H2,(H,17,19)/t13-/m1/s1. The number of rotatable bonds is 6. The maximum absolute atomic E-state index is 11.7. The van der Waals surface area contributed by atoms with Gasteiger partial charge in [-0.1, -0.05) is 0 Å². The highest BCUT2D eigenvalue weighted by Gasteiger charge is 2.24. The zero-order valence-corrected chi connectivity index (χ0v) is 12.0. The summed E-state index contributed by atoms with van der Waals surface area (Å²) in [4.78, 5) is 14.2. The van der Waals surface area contributed by atoms with Crippen molar-refractivity contribution < 1.29 is 9.21 Å². The first-order chi connectivity index (χ1) is 9.79. The number of likely N-dealkylation sites (tertiary alicyclic amines) is 1. The fourth-order valence-electron chi connectivity index (χ4n) is 3.03. The fraction of sp³-hybridized carbons (Fsp3) is 0.688. The van der Waals surface area contributed by atoms with E-state index >= 15 is 0 Å². The van der Waals surface area contributed by atoms with Crippen LogP contribution in [0.25, 0.3) is 0 Å². The number of carbonyl (C=O) groups excluding carboxylic acids is 1. The summed E-state index contributed by atoms with van der Waals surface area (Å²) in [5, 5.41) is 3.08. The molecule has 0 radical (unpaired) electrons. The molecule has 0 aromatic carbocycles. The Hall–Kier alpha value is -1.29. The zero-order valence-electron chi connectivity index (χ0n) is 12.0. The van der Waals surface area contributed by atoms with Gasteiger partial charge in [-0.2, -0.15) is 0 Å². The Morgan fingerprint density at radius 3 is 3.05 bits per heavy atom. The van der Waals surface area contributed by atoms with Crippen LogP contribution in [0, 0.1) is 5.92 Å². The lowest BCUT2D eigenvalue weighted by atomic mass is 9.93. The number of furan rings is 1. The molecule has 1 aromatic rings. The number of nitrogens with one attached hydrogen (secondary N) is 1. The third-order valence-electron chi connectivity index (χ3n) is 4.31. The highest BCUT2D eigenvalue weighted by molar-refractivity contribution is 5.76. The average Bonchev–Trinajstić information content (AvgIpc) is 3.11. The second-order valence-corrected chi connectivity index (χ2v) is 6.26. The van der Waals surface area contributed by atoms with E-state index in [1.165, 1.54) is 31.2 Å². The lowest BCUT2D eigenvalue weighted by molar-refractivity contribution is -0.121. The Bertz CT molecular complexity index is 426. The molecule has 0 unspecified atom stereocenters. The van der Waals surface area contributed by atoms with Crippen LogP contribution in [0.1, 0.15) is 44.1 Å². The highest BCUT2D eigenvalue weighted by atomic mass is 16.3. The van der Waals surface area contributed by atoms with Crippen LogP contribution in [-0.4, -0.2) is 29.9 Å². The summed E-state index contributed by atoms with van der Waals surface area (Å²) < 4.78 is 5.13. The first kappa shape index (κ1) is 13.7. The van der Waals surface area contributed by atoms with Crippen molar-refractivity contribution in [3.05, 3.63) is 24.2 Å². The molecular weight excluding hydrogens is 252 g/mol. The lowest BCUT2D eigenvalue weighted by Gasteiger charge is -2.32. The number of hydrogen-bond donors (Lipinski definition) is 1. The Morgan fingerprint density at radius 1 is 1.40 bits per heavy atom. The van der Waals surface area contributed by atoms with Gasteiger partial charge in [0.2, 0.25) is 5.91 Å². The van der Waals surface area contributed by atoms with Gasteiger partial charge >= 0.3 is 0 Å². The molecule has 4 nitrogen and oxygen atoms in total. The van der Waals surface area contributed by atoms with Crippen molar-refractivity contribution in [3.63, 3.8) is 0 Å². The summed E-state index contributed by atoms with van der Waals surface area (Å²) in [6.45, 7) is 3.25. The van der Waals surface area contributed by atoms with Crippen LogP contribution in [0.3, 0.4) is 0 Å². The van der Waals surface area contributed by atoms with E-state index in [1.807, 2.05) is 12.3 Å². The van der Waals surface area contributed by atoms with Gasteiger partial charge in [0.25, 0.3) is 0 Å². The minimum atomic E-state index is 0.249. The lowest BCUT2D eigenvalue weighted by Crippen LogP contribution is -2.35. The molecule has 0 bridgehead atoms. The van der Waals surface area contributed by atoms with Gasteiger partial charge < -0.3 is 9.73 Å². The van der Waals surface area contributed by atoms with Crippen LogP contribution in [0.15, 0.2) is 23.0 Å². The summed E-state index contributed by atoms with van der Waals surface area (Å²) in [7, 11) is 0. The van der Waals surface area contributed by atoms with Crippen molar-refractivity contribution in [1.29, 1.82) is 0 Å². The minimum Gasteiger partial charge on any atom is -0.472 e. The Morgan fingerprint density at radius 2 is 2.30 bits per heavy atom. The van der Waals surface area contributed by atoms with Crippen LogP contribution in [0.4, 0.5) is 0 Å². The van der Waals surface area contributed by atoms with Gasteiger partial charge in [0.05, 0.1) is 12.5 Å². The van der Waals surface area contributed by atoms with E-state index in [0.29, 0.717) is 18.4 Å². The minimum absolute atomic E-state index is 0.249. The molecule has 0 spiro atoms. The molecule has 1 atom stereocenters. The summed E-state index contributed by atoms with van der Waals surface area (Å²) in [5.41, 5.74) is 1.25. The molecule has 4 heteroatoms. The molecule has 1 saturated carbocycles. The molecule has 1 aromatic heterocycles. The molecule has 1 aliphatic carbocycles. The van der Waals surface area contributed by atoms with Crippen LogP contribution in [0.2, 0.25) is 0 Å². The Labute approximate surface area is 120 Å². The van der Waals surface area contributed by atoms with Crippen molar-refractivity contribution in [2.45, 2.75) is 51.1 Å². The van der Waals surface area contributed by atoms with E-state index < -0.39 is 0 Å². The molecule has 110 valence electrons. The van der Waals surface area contributed by atoms with Crippen molar-refractivity contribution in [2.75, 3.05) is 13.1 Å². The second-order valence-electron chi connectivity index (χ2n) is 6.26. The molecule has 2 heterocycles. The quantitative estimate of drug-likeness (QED) is 0.868. The molecule has 3 rings (SSSR count). The van der Waals surface area contributed by atoms with Crippen molar-refractivity contribution in [3.8, 4) is 0 Å². The van der Waals surface area contributed by atoms with Gasteiger partial charge in [0.1, 0.15) is 0 Å². The fourth-order valence-corrected chi connectivity index (χ4v) is 3.03. The first-order valence-electron chi connectivity index (χ1n) is 7.82. The SMILES string of the molecule is O=C(CC[C@H]1CCCN(Cc2ccoc2)C1)NC1CC1. The van der Waals surface area contributed by atoms with Crippen LogP contribution in [-0.2, 0) is 11.3 Å². The van der Waals surface area contributed by atoms with E-state index in [9.17, 15) is 4.79 Å². The molecule has 2 aliphatic rings. The normalized spacial score (nSPS) is 23.7. The van der Waals surface area contributed by atoms with E-state index in [-0.39, 0.29) is 5.91 Å². The highest BCUT2D eigenvalue weighted by Crippen LogP contribution is 2.23. The number of amides is 1. The predicted octanol–water partition coefficient (Wildman–Crippen LogP) is 2.55. The second kappa shape index (κ2) is 6.44. The summed E-state index contributed by atoms with van der Waals surface area (Å²) >= 11 is 0. The van der Waals surface area contributed by atoms with Gasteiger partial charge in [0.15, 0.2) is 0 Å². The van der Waals surface area contributed by atoms with Crippen LogP contribution in [0.5, 0.6) is 0 Å². The summed E-state index contributed by atoms with van der Waals surface area (Å²) in [5.74, 6) is 0.917. The van der Waals surface area contributed by atoms with Gasteiger partial charge in [-0.05, 0) is 50.6 Å². The number of carbonyl (C=O) groups is 1. The van der Waals surface area contributed by atoms with Crippen LogP contribution < -0.4 is 5.32 Å². The first-order valence-corrected chi connectivity index (χ1v) is 7.82. The smallest absolute Gasteiger partial charge is 0.220 e. The predicted molar refractivity (Wildman–Crippen MR) is 77.1 cm³/mol. The zero-order chi connectivity index (χ0) is 13.8. The van der Waals surface area contributed by atoms with Gasteiger partial charge in [-0.25, -0.2) is 0 Å². The van der Waals surface area contributed by atoms with Gasteiger partial charge in [-0.3, -0.25) is 9.69 Å². The Balaban J connectivity index is 1.39.